The monoisotopic (exact) mass is 236 g/mol. The van der Waals surface area contributed by atoms with Gasteiger partial charge >= 0.3 is 0 Å². The summed E-state index contributed by atoms with van der Waals surface area (Å²) in [6.45, 7) is 7.39. The lowest BCUT2D eigenvalue weighted by molar-refractivity contribution is 0.227. The Labute approximate surface area is 109 Å². The van der Waals surface area contributed by atoms with Crippen LogP contribution in [0.25, 0.3) is 0 Å². The van der Waals surface area contributed by atoms with Crippen LogP contribution >= 0.6 is 0 Å². The summed E-state index contributed by atoms with van der Waals surface area (Å²) in [4.78, 5) is 4.47. The molecule has 17 heavy (non-hydrogen) atoms. The fourth-order valence-electron chi connectivity index (χ4n) is 1.56. The van der Waals surface area contributed by atoms with Gasteiger partial charge in [-0.2, -0.15) is 0 Å². The highest BCUT2D eigenvalue weighted by molar-refractivity contribution is 5.97. The maximum absolute atomic E-state index is 7.69. The highest BCUT2D eigenvalue weighted by atomic mass is 16.5. The molecule has 0 aromatic heterocycles. The van der Waals surface area contributed by atoms with E-state index in [1.54, 1.807) is 12.1 Å². The summed E-state index contributed by atoms with van der Waals surface area (Å²) in [5, 5.41) is 0. The van der Waals surface area contributed by atoms with Crippen molar-refractivity contribution in [2.24, 2.45) is 4.99 Å². The number of ether oxygens (including phenoxy) is 1. The standard InChI is InChI=1S/C15H23NO/c1-10(2)16-15(17-11(3)4)14-12(5)8-7-9-13(14)6/h7-11H,1-6H3/i5D3. The van der Waals surface area contributed by atoms with Crippen LogP contribution in [0.3, 0.4) is 0 Å². The minimum Gasteiger partial charge on any atom is -0.475 e. The molecule has 1 aromatic carbocycles. The third-order valence-corrected chi connectivity index (χ3v) is 2.21. The SMILES string of the molecule is [2H]C([2H])([2H])c1cccc(C)c1C(=NC(C)C)OC(C)C. The molecule has 0 bridgehead atoms. The molecule has 0 spiro atoms. The van der Waals surface area contributed by atoms with Crippen molar-refractivity contribution in [2.75, 3.05) is 0 Å². The highest BCUT2D eigenvalue weighted by Crippen LogP contribution is 2.17. The van der Waals surface area contributed by atoms with Crippen LogP contribution in [0, 0.1) is 13.8 Å². The molecule has 0 atom stereocenters. The number of benzene rings is 1. The highest BCUT2D eigenvalue weighted by Gasteiger charge is 2.13. The van der Waals surface area contributed by atoms with Crippen molar-refractivity contribution >= 4 is 5.90 Å². The molecule has 0 aliphatic rings. The van der Waals surface area contributed by atoms with E-state index in [-0.39, 0.29) is 17.7 Å². The second kappa shape index (κ2) is 5.85. The zero-order valence-electron chi connectivity index (χ0n) is 14.2. The maximum Gasteiger partial charge on any atom is 0.217 e. The van der Waals surface area contributed by atoms with E-state index in [0.717, 1.165) is 5.56 Å². The summed E-state index contributed by atoms with van der Waals surface area (Å²) in [6, 6.07) is 5.29. The van der Waals surface area contributed by atoms with E-state index in [1.165, 1.54) is 0 Å². The third-order valence-electron chi connectivity index (χ3n) is 2.21. The van der Waals surface area contributed by atoms with Crippen molar-refractivity contribution in [3.05, 3.63) is 34.9 Å². The Morgan fingerprint density at radius 1 is 1.24 bits per heavy atom. The molecule has 0 saturated carbocycles. The number of aryl methyl sites for hydroxylation is 2. The topological polar surface area (TPSA) is 21.6 Å². The van der Waals surface area contributed by atoms with E-state index in [9.17, 15) is 0 Å². The first-order valence-electron chi connectivity index (χ1n) is 7.48. The Hall–Kier alpha value is -1.31. The van der Waals surface area contributed by atoms with Gasteiger partial charge in [0.2, 0.25) is 5.90 Å². The van der Waals surface area contributed by atoms with E-state index >= 15 is 0 Å². The lowest BCUT2D eigenvalue weighted by Crippen LogP contribution is -2.17. The van der Waals surface area contributed by atoms with Gasteiger partial charge in [0.05, 0.1) is 6.10 Å². The second-order valence-electron chi connectivity index (χ2n) is 4.69. The van der Waals surface area contributed by atoms with Crippen molar-refractivity contribution < 1.29 is 8.85 Å². The molecule has 94 valence electrons. The quantitative estimate of drug-likeness (QED) is 0.576. The van der Waals surface area contributed by atoms with Crippen LogP contribution in [0.15, 0.2) is 23.2 Å². The Bertz CT molecular complexity index is 490. The van der Waals surface area contributed by atoms with E-state index < -0.39 is 6.85 Å². The van der Waals surface area contributed by atoms with Gasteiger partial charge in [0.15, 0.2) is 0 Å². The molecule has 2 nitrogen and oxygen atoms in total. The van der Waals surface area contributed by atoms with Gasteiger partial charge in [-0.25, -0.2) is 4.99 Å². The Morgan fingerprint density at radius 2 is 1.88 bits per heavy atom. The smallest absolute Gasteiger partial charge is 0.217 e. The molecule has 0 fully saturated rings. The molecule has 0 N–H and O–H groups in total. The molecule has 1 aromatic rings. The molecule has 0 aliphatic heterocycles. The van der Waals surface area contributed by atoms with E-state index in [2.05, 4.69) is 4.99 Å². The molecular formula is C15H23NO. The Balaban J connectivity index is 3.47. The van der Waals surface area contributed by atoms with Crippen LogP contribution in [-0.2, 0) is 4.74 Å². The lowest BCUT2D eigenvalue weighted by Gasteiger charge is -2.17. The number of nitrogens with zero attached hydrogens (tertiary/aromatic N) is 1. The van der Waals surface area contributed by atoms with Crippen LogP contribution < -0.4 is 0 Å². The van der Waals surface area contributed by atoms with Gasteiger partial charge in [0.1, 0.15) is 0 Å². The van der Waals surface area contributed by atoms with Gasteiger partial charge in [0.25, 0.3) is 0 Å². The van der Waals surface area contributed by atoms with Crippen molar-refractivity contribution in [3.63, 3.8) is 0 Å². The summed E-state index contributed by atoms with van der Waals surface area (Å²) >= 11 is 0. The minimum atomic E-state index is -2.18. The largest absolute Gasteiger partial charge is 0.475 e. The van der Waals surface area contributed by atoms with E-state index in [0.29, 0.717) is 11.5 Å². The Kier molecular flexibility index (Phi) is 3.34. The molecule has 0 aliphatic carbocycles. The van der Waals surface area contributed by atoms with Gasteiger partial charge in [-0.15, -0.1) is 0 Å². The van der Waals surface area contributed by atoms with E-state index in [4.69, 9.17) is 8.85 Å². The molecule has 0 saturated heterocycles. The zero-order chi connectivity index (χ0) is 15.5. The first-order valence-corrected chi connectivity index (χ1v) is 5.98. The summed E-state index contributed by atoms with van der Waals surface area (Å²) in [7, 11) is 0. The van der Waals surface area contributed by atoms with Crippen LogP contribution in [-0.4, -0.2) is 18.0 Å². The van der Waals surface area contributed by atoms with Gasteiger partial charge in [0, 0.05) is 15.7 Å². The average molecular weight is 236 g/mol. The van der Waals surface area contributed by atoms with Gasteiger partial charge in [-0.1, -0.05) is 18.2 Å². The third kappa shape index (κ3) is 3.88. The van der Waals surface area contributed by atoms with Crippen LogP contribution in [0.5, 0.6) is 0 Å². The number of aliphatic imine (C=N–C) groups is 1. The number of hydrogen-bond donors (Lipinski definition) is 0. The van der Waals surface area contributed by atoms with Crippen LogP contribution in [0.2, 0.25) is 0 Å². The normalized spacial score (nSPS) is 15.7. The Morgan fingerprint density at radius 3 is 2.41 bits per heavy atom. The molecule has 0 unspecified atom stereocenters. The van der Waals surface area contributed by atoms with Crippen LogP contribution in [0.4, 0.5) is 0 Å². The van der Waals surface area contributed by atoms with Gasteiger partial charge in [-0.3, -0.25) is 0 Å². The zero-order valence-corrected chi connectivity index (χ0v) is 11.2. The maximum atomic E-state index is 7.69. The summed E-state index contributed by atoms with van der Waals surface area (Å²) in [6.07, 6.45) is -0.0587. The molecule has 0 radical (unpaired) electrons. The first kappa shape index (κ1) is 9.69. The fourth-order valence-corrected chi connectivity index (χ4v) is 1.56. The number of hydrogen-bond acceptors (Lipinski definition) is 2. The minimum absolute atomic E-state index is 0.0350. The summed E-state index contributed by atoms with van der Waals surface area (Å²) < 4.78 is 28.8. The second-order valence-corrected chi connectivity index (χ2v) is 4.69. The summed E-state index contributed by atoms with van der Waals surface area (Å²) in [5.41, 5.74) is 1.74. The lowest BCUT2D eigenvalue weighted by atomic mass is 10.0. The predicted molar refractivity (Wildman–Crippen MR) is 73.8 cm³/mol. The molecule has 0 heterocycles. The molecular weight excluding hydrogens is 210 g/mol. The number of rotatable bonds is 3. The molecule has 0 amide bonds. The van der Waals surface area contributed by atoms with Gasteiger partial charge < -0.3 is 4.74 Å². The first-order chi connectivity index (χ1) is 9.12. The van der Waals surface area contributed by atoms with Crippen molar-refractivity contribution in [2.45, 2.75) is 53.6 Å². The van der Waals surface area contributed by atoms with Gasteiger partial charge in [-0.05, 0) is 52.6 Å². The molecule has 2 heteroatoms. The molecule has 1 rings (SSSR count). The van der Waals surface area contributed by atoms with Crippen LogP contribution in [0.1, 0.15) is 48.5 Å². The van der Waals surface area contributed by atoms with Crippen molar-refractivity contribution in [1.29, 1.82) is 0 Å². The predicted octanol–water partition coefficient (Wildman–Crippen LogP) is 3.88. The van der Waals surface area contributed by atoms with E-state index in [1.807, 2.05) is 40.7 Å². The summed E-state index contributed by atoms with van der Waals surface area (Å²) in [5.74, 6) is 0.416. The van der Waals surface area contributed by atoms with Crippen molar-refractivity contribution in [1.82, 2.24) is 0 Å². The van der Waals surface area contributed by atoms with Crippen molar-refractivity contribution in [3.8, 4) is 0 Å². The fraction of sp³-hybridized carbons (Fsp3) is 0.533. The average Bonchev–Trinajstić information content (AvgIpc) is 2.25.